The Kier molecular flexibility index (Phi) is 2.29. The summed E-state index contributed by atoms with van der Waals surface area (Å²) in [5, 5.41) is 0. The highest BCUT2D eigenvalue weighted by Crippen LogP contribution is 2.37. The third-order valence-electron chi connectivity index (χ3n) is 2.82. The SMILES string of the molecule is CC1(c2cccc(Br)c2)CC=CC1. The first-order valence-corrected chi connectivity index (χ1v) is 5.41. The molecule has 0 N–H and O–H groups in total. The van der Waals surface area contributed by atoms with Gasteiger partial charge in [0.25, 0.3) is 0 Å². The molecule has 0 radical (unpaired) electrons. The Labute approximate surface area is 87.8 Å². The van der Waals surface area contributed by atoms with Crippen molar-refractivity contribution in [2.45, 2.75) is 25.2 Å². The second-order valence-corrected chi connectivity index (χ2v) is 4.87. The second kappa shape index (κ2) is 3.30. The number of benzene rings is 1. The maximum atomic E-state index is 3.51. The van der Waals surface area contributed by atoms with E-state index >= 15 is 0 Å². The average Bonchev–Trinajstić information content (AvgIpc) is 2.54. The lowest BCUT2D eigenvalue weighted by Crippen LogP contribution is -2.16. The van der Waals surface area contributed by atoms with E-state index in [1.165, 1.54) is 22.9 Å². The predicted molar refractivity (Wildman–Crippen MR) is 59.9 cm³/mol. The Hall–Kier alpha value is -0.560. The average molecular weight is 237 g/mol. The minimum absolute atomic E-state index is 0.337. The van der Waals surface area contributed by atoms with E-state index in [9.17, 15) is 0 Å². The normalized spacial score (nSPS) is 19.2. The summed E-state index contributed by atoms with van der Waals surface area (Å²) in [5.41, 5.74) is 1.77. The largest absolute Gasteiger partial charge is 0.0876 e. The lowest BCUT2D eigenvalue weighted by molar-refractivity contribution is 0.511. The van der Waals surface area contributed by atoms with Gasteiger partial charge in [-0.3, -0.25) is 0 Å². The zero-order valence-corrected chi connectivity index (χ0v) is 9.34. The van der Waals surface area contributed by atoms with Crippen LogP contribution < -0.4 is 0 Å². The summed E-state index contributed by atoms with van der Waals surface area (Å²) >= 11 is 3.51. The van der Waals surface area contributed by atoms with E-state index in [-0.39, 0.29) is 0 Å². The molecule has 0 saturated carbocycles. The van der Waals surface area contributed by atoms with Gasteiger partial charge in [-0.1, -0.05) is 47.1 Å². The summed E-state index contributed by atoms with van der Waals surface area (Å²) in [6.07, 6.45) is 6.90. The van der Waals surface area contributed by atoms with Crippen molar-refractivity contribution in [3.05, 3.63) is 46.5 Å². The summed E-state index contributed by atoms with van der Waals surface area (Å²) in [7, 11) is 0. The number of rotatable bonds is 1. The summed E-state index contributed by atoms with van der Waals surface area (Å²) in [5.74, 6) is 0. The summed E-state index contributed by atoms with van der Waals surface area (Å²) in [4.78, 5) is 0. The van der Waals surface area contributed by atoms with Crippen LogP contribution in [0.5, 0.6) is 0 Å². The third kappa shape index (κ3) is 1.71. The van der Waals surface area contributed by atoms with Crippen LogP contribution in [0.15, 0.2) is 40.9 Å². The molecule has 2 rings (SSSR count). The Bertz CT molecular complexity index is 331. The molecular formula is C12H13Br. The van der Waals surface area contributed by atoms with Crippen LogP contribution in [0.1, 0.15) is 25.3 Å². The zero-order valence-electron chi connectivity index (χ0n) is 7.76. The summed E-state index contributed by atoms with van der Waals surface area (Å²) in [6.45, 7) is 2.33. The molecule has 68 valence electrons. The van der Waals surface area contributed by atoms with Crippen LogP contribution in [-0.4, -0.2) is 0 Å². The molecule has 0 nitrogen and oxygen atoms in total. The zero-order chi connectivity index (χ0) is 9.31. The number of allylic oxidation sites excluding steroid dienone is 2. The molecule has 1 aromatic rings. The van der Waals surface area contributed by atoms with Gasteiger partial charge >= 0.3 is 0 Å². The first-order valence-electron chi connectivity index (χ1n) is 4.62. The highest BCUT2D eigenvalue weighted by molar-refractivity contribution is 9.10. The molecular weight excluding hydrogens is 224 g/mol. The molecule has 0 aliphatic heterocycles. The molecule has 1 aliphatic rings. The van der Waals surface area contributed by atoms with Gasteiger partial charge in [0.2, 0.25) is 0 Å². The molecule has 13 heavy (non-hydrogen) atoms. The van der Waals surface area contributed by atoms with Gasteiger partial charge in [0.05, 0.1) is 0 Å². The minimum atomic E-state index is 0.337. The highest BCUT2D eigenvalue weighted by Gasteiger charge is 2.27. The molecule has 0 spiro atoms. The first-order chi connectivity index (χ1) is 6.21. The molecule has 1 aromatic carbocycles. The monoisotopic (exact) mass is 236 g/mol. The van der Waals surface area contributed by atoms with Crippen LogP contribution in [-0.2, 0) is 5.41 Å². The maximum Gasteiger partial charge on any atom is 0.0178 e. The fraction of sp³-hybridized carbons (Fsp3) is 0.333. The van der Waals surface area contributed by atoms with Gasteiger partial charge in [0.1, 0.15) is 0 Å². The molecule has 0 atom stereocenters. The van der Waals surface area contributed by atoms with E-state index < -0.39 is 0 Å². The number of halogens is 1. The van der Waals surface area contributed by atoms with Crippen molar-refractivity contribution in [1.82, 2.24) is 0 Å². The minimum Gasteiger partial charge on any atom is -0.0876 e. The maximum absolute atomic E-state index is 3.51. The van der Waals surface area contributed by atoms with E-state index in [1.54, 1.807) is 0 Å². The van der Waals surface area contributed by atoms with Crippen molar-refractivity contribution in [3.8, 4) is 0 Å². The molecule has 0 aromatic heterocycles. The van der Waals surface area contributed by atoms with Crippen LogP contribution in [0.4, 0.5) is 0 Å². The smallest absolute Gasteiger partial charge is 0.0178 e. The van der Waals surface area contributed by atoms with Crippen molar-refractivity contribution >= 4 is 15.9 Å². The van der Waals surface area contributed by atoms with Crippen molar-refractivity contribution in [2.24, 2.45) is 0 Å². The molecule has 0 bridgehead atoms. The fourth-order valence-electron chi connectivity index (χ4n) is 1.87. The molecule has 0 fully saturated rings. The van der Waals surface area contributed by atoms with Gasteiger partial charge in [-0.2, -0.15) is 0 Å². The van der Waals surface area contributed by atoms with E-state index in [4.69, 9.17) is 0 Å². The predicted octanol–water partition coefficient (Wildman–Crippen LogP) is 4.06. The molecule has 1 aliphatic carbocycles. The summed E-state index contributed by atoms with van der Waals surface area (Å²) in [6, 6.07) is 8.64. The quantitative estimate of drug-likeness (QED) is 0.646. The van der Waals surface area contributed by atoms with Crippen LogP contribution in [0, 0.1) is 0 Å². The van der Waals surface area contributed by atoms with Gasteiger partial charge in [-0.25, -0.2) is 0 Å². The summed E-state index contributed by atoms with van der Waals surface area (Å²) < 4.78 is 1.18. The topological polar surface area (TPSA) is 0 Å². The van der Waals surface area contributed by atoms with Gasteiger partial charge < -0.3 is 0 Å². The second-order valence-electron chi connectivity index (χ2n) is 3.95. The Balaban J connectivity index is 2.35. The van der Waals surface area contributed by atoms with Crippen LogP contribution >= 0.6 is 15.9 Å². The molecule has 0 unspecified atom stereocenters. The van der Waals surface area contributed by atoms with Crippen molar-refractivity contribution < 1.29 is 0 Å². The Morgan fingerprint density at radius 1 is 1.23 bits per heavy atom. The van der Waals surface area contributed by atoms with E-state index in [2.05, 4.69) is 59.3 Å². The fourth-order valence-corrected chi connectivity index (χ4v) is 2.27. The van der Waals surface area contributed by atoms with E-state index in [1.807, 2.05) is 0 Å². The van der Waals surface area contributed by atoms with E-state index in [0.717, 1.165) is 0 Å². The molecule has 0 heterocycles. The van der Waals surface area contributed by atoms with Gasteiger partial charge in [-0.15, -0.1) is 0 Å². The van der Waals surface area contributed by atoms with Crippen molar-refractivity contribution in [1.29, 1.82) is 0 Å². The molecule has 0 amide bonds. The Morgan fingerprint density at radius 2 is 1.92 bits per heavy atom. The number of hydrogen-bond acceptors (Lipinski definition) is 0. The number of hydrogen-bond donors (Lipinski definition) is 0. The van der Waals surface area contributed by atoms with Crippen LogP contribution in [0.3, 0.4) is 0 Å². The van der Waals surface area contributed by atoms with Crippen molar-refractivity contribution in [3.63, 3.8) is 0 Å². The van der Waals surface area contributed by atoms with Crippen LogP contribution in [0.25, 0.3) is 0 Å². The van der Waals surface area contributed by atoms with Gasteiger partial charge in [-0.05, 0) is 36.0 Å². The highest BCUT2D eigenvalue weighted by atomic mass is 79.9. The van der Waals surface area contributed by atoms with E-state index in [0.29, 0.717) is 5.41 Å². The molecule has 1 heteroatoms. The van der Waals surface area contributed by atoms with Crippen LogP contribution in [0.2, 0.25) is 0 Å². The third-order valence-corrected chi connectivity index (χ3v) is 3.32. The van der Waals surface area contributed by atoms with Gasteiger partial charge in [0.15, 0.2) is 0 Å². The standard InChI is InChI=1S/C12H13Br/c1-12(7-2-3-8-12)10-5-4-6-11(13)9-10/h2-6,9H,7-8H2,1H3. The van der Waals surface area contributed by atoms with Crippen molar-refractivity contribution in [2.75, 3.05) is 0 Å². The lowest BCUT2D eigenvalue weighted by atomic mass is 9.80. The molecule has 0 saturated heterocycles. The Morgan fingerprint density at radius 3 is 2.54 bits per heavy atom. The lowest BCUT2D eigenvalue weighted by Gasteiger charge is -2.24. The van der Waals surface area contributed by atoms with Gasteiger partial charge in [0, 0.05) is 4.47 Å². The first kappa shape index (κ1) is 9.01.